The van der Waals surface area contributed by atoms with Gasteiger partial charge < -0.3 is 5.32 Å². The average molecular weight is 245 g/mol. The van der Waals surface area contributed by atoms with Crippen LogP contribution < -0.4 is 5.32 Å². The Balaban J connectivity index is 1.88. The summed E-state index contributed by atoms with van der Waals surface area (Å²) in [5, 5.41) is 7.54. The quantitative estimate of drug-likeness (QED) is 0.874. The minimum absolute atomic E-state index is 0.147. The summed E-state index contributed by atoms with van der Waals surface area (Å²) < 4.78 is 22.5. The van der Waals surface area contributed by atoms with Crippen LogP contribution in [-0.2, 0) is 16.4 Å². The molecule has 1 aromatic heterocycles. The Bertz CT molecular complexity index is 436. The van der Waals surface area contributed by atoms with Gasteiger partial charge in [0.25, 0.3) is 0 Å². The molecule has 0 aliphatic carbocycles. The zero-order chi connectivity index (χ0) is 10.9. The van der Waals surface area contributed by atoms with Crippen LogP contribution in [-0.4, -0.2) is 26.0 Å². The first kappa shape index (κ1) is 11.1. The monoisotopic (exact) mass is 245 g/mol. The molecule has 5 heteroatoms. The van der Waals surface area contributed by atoms with Gasteiger partial charge in [-0.25, -0.2) is 8.42 Å². The summed E-state index contributed by atoms with van der Waals surface area (Å²) in [6.45, 7) is 2.87. The van der Waals surface area contributed by atoms with Gasteiger partial charge in [-0.15, -0.1) is 0 Å². The number of rotatable bonds is 3. The first-order valence-electron chi connectivity index (χ1n) is 5.02. The van der Waals surface area contributed by atoms with Crippen molar-refractivity contribution >= 4 is 21.2 Å². The minimum atomic E-state index is -2.76. The number of aryl methyl sites for hydroxylation is 1. The molecule has 2 heterocycles. The second kappa shape index (κ2) is 4.23. The van der Waals surface area contributed by atoms with Gasteiger partial charge in [0.15, 0.2) is 9.84 Å². The molecule has 0 amide bonds. The maximum Gasteiger partial charge on any atom is 0.151 e. The molecule has 1 aromatic rings. The van der Waals surface area contributed by atoms with Crippen molar-refractivity contribution < 1.29 is 8.42 Å². The van der Waals surface area contributed by atoms with Crippen LogP contribution in [0.3, 0.4) is 0 Å². The molecule has 84 valence electrons. The second-order valence-corrected chi connectivity index (χ2v) is 7.03. The molecule has 0 saturated carbocycles. The van der Waals surface area contributed by atoms with E-state index in [1.165, 1.54) is 11.1 Å². The highest BCUT2D eigenvalue weighted by Crippen LogP contribution is 2.15. The van der Waals surface area contributed by atoms with Crippen molar-refractivity contribution in [2.75, 3.05) is 11.5 Å². The van der Waals surface area contributed by atoms with E-state index >= 15 is 0 Å². The van der Waals surface area contributed by atoms with Crippen LogP contribution >= 0.6 is 11.3 Å². The lowest BCUT2D eigenvalue weighted by Gasteiger charge is -2.09. The van der Waals surface area contributed by atoms with E-state index in [1.807, 2.05) is 0 Å². The van der Waals surface area contributed by atoms with E-state index in [4.69, 9.17) is 0 Å². The summed E-state index contributed by atoms with van der Waals surface area (Å²) in [6, 6.07) is 0.147. The Morgan fingerprint density at radius 3 is 2.87 bits per heavy atom. The minimum Gasteiger partial charge on any atom is -0.309 e. The predicted octanol–water partition coefficient (Wildman–Crippen LogP) is 1.33. The van der Waals surface area contributed by atoms with Crippen molar-refractivity contribution in [1.82, 2.24) is 5.32 Å². The zero-order valence-corrected chi connectivity index (χ0v) is 10.3. The van der Waals surface area contributed by atoms with Crippen molar-refractivity contribution in [2.24, 2.45) is 0 Å². The molecule has 0 bridgehead atoms. The summed E-state index contributed by atoms with van der Waals surface area (Å²) >= 11 is 1.69. The molecule has 1 fully saturated rings. The van der Waals surface area contributed by atoms with Crippen LogP contribution in [0.5, 0.6) is 0 Å². The Hall–Kier alpha value is -0.390. The van der Waals surface area contributed by atoms with Crippen LogP contribution in [0.15, 0.2) is 10.8 Å². The molecule has 1 N–H and O–H groups in total. The van der Waals surface area contributed by atoms with Gasteiger partial charge in [0.1, 0.15) is 0 Å². The smallest absolute Gasteiger partial charge is 0.151 e. The molecule has 2 rings (SSSR count). The van der Waals surface area contributed by atoms with Gasteiger partial charge in [0.05, 0.1) is 11.5 Å². The van der Waals surface area contributed by atoms with Crippen LogP contribution in [0, 0.1) is 6.92 Å². The van der Waals surface area contributed by atoms with Gasteiger partial charge >= 0.3 is 0 Å². The summed E-state index contributed by atoms with van der Waals surface area (Å²) in [4.78, 5) is 0. The Labute approximate surface area is 94.4 Å². The maximum absolute atomic E-state index is 11.2. The lowest BCUT2D eigenvalue weighted by Crippen LogP contribution is -2.29. The second-order valence-electron chi connectivity index (χ2n) is 4.06. The van der Waals surface area contributed by atoms with Gasteiger partial charge in [0, 0.05) is 12.6 Å². The highest BCUT2D eigenvalue weighted by atomic mass is 32.2. The van der Waals surface area contributed by atoms with Gasteiger partial charge in [-0.2, -0.15) is 11.3 Å². The van der Waals surface area contributed by atoms with E-state index in [0.717, 1.165) is 13.0 Å². The number of hydrogen-bond donors (Lipinski definition) is 1. The molecule has 1 atom stereocenters. The van der Waals surface area contributed by atoms with Gasteiger partial charge in [-0.05, 0) is 35.2 Å². The standard InChI is InChI=1S/C10H15NO2S2/c1-8-5-14-6-9(8)4-11-10-2-3-15(12,13)7-10/h5-6,10-11H,2-4,7H2,1H3. The fourth-order valence-corrected chi connectivity index (χ4v) is 4.34. The van der Waals surface area contributed by atoms with Gasteiger partial charge in [0.2, 0.25) is 0 Å². The number of nitrogens with one attached hydrogen (secondary N) is 1. The summed E-state index contributed by atoms with van der Waals surface area (Å²) in [6.07, 6.45) is 0.755. The molecule has 0 aromatic carbocycles. The lowest BCUT2D eigenvalue weighted by molar-refractivity contribution is 0.554. The highest BCUT2D eigenvalue weighted by Gasteiger charge is 2.27. The van der Waals surface area contributed by atoms with E-state index in [-0.39, 0.29) is 6.04 Å². The molecule has 0 radical (unpaired) electrons. The third-order valence-electron chi connectivity index (χ3n) is 2.78. The van der Waals surface area contributed by atoms with Crippen molar-refractivity contribution in [3.05, 3.63) is 21.9 Å². The first-order chi connectivity index (χ1) is 7.07. The summed E-state index contributed by atoms with van der Waals surface area (Å²) in [5.74, 6) is 0.642. The lowest BCUT2D eigenvalue weighted by atomic mass is 10.2. The summed E-state index contributed by atoms with van der Waals surface area (Å²) in [5.41, 5.74) is 2.57. The van der Waals surface area contributed by atoms with E-state index in [2.05, 4.69) is 23.0 Å². The maximum atomic E-state index is 11.2. The average Bonchev–Trinajstić information content (AvgIpc) is 2.69. The highest BCUT2D eigenvalue weighted by molar-refractivity contribution is 7.91. The summed E-state index contributed by atoms with van der Waals surface area (Å²) in [7, 11) is -2.76. The van der Waals surface area contributed by atoms with Crippen LogP contribution in [0.25, 0.3) is 0 Å². The van der Waals surface area contributed by atoms with Gasteiger partial charge in [-0.1, -0.05) is 0 Å². The molecule has 1 saturated heterocycles. The Morgan fingerprint density at radius 1 is 1.53 bits per heavy atom. The predicted molar refractivity (Wildman–Crippen MR) is 63.0 cm³/mol. The molecular weight excluding hydrogens is 230 g/mol. The van der Waals surface area contributed by atoms with Crippen molar-refractivity contribution in [1.29, 1.82) is 0 Å². The Morgan fingerprint density at radius 2 is 2.33 bits per heavy atom. The van der Waals surface area contributed by atoms with Crippen molar-refractivity contribution in [2.45, 2.75) is 25.9 Å². The fraction of sp³-hybridized carbons (Fsp3) is 0.600. The van der Waals surface area contributed by atoms with Crippen LogP contribution in [0.1, 0.15) is 17.5 Å². The molecule has 15 heavy (non-hydrogen) atoms. The molecule has 1 aliphatic rings. The van der Waals surface area contributed by atoms with Crippen LogP contribution in [0.2, 0.25) is 0 Å². The number of sulfone groups is 1. The van der Waals surface area contributed by atoms with Crippen molar-refractivity contribution in [3.63, 3.8) is 0 Å². The number of hydrogen-bond acceptors (Lipinski definition) is 4. The molecule has 0 spiro atoms. The molecular formula is C10H15NO2S2. The van der Waals surface area contributed by atoms with Gasteiger partial charge in [-0.3, -0.25) is 0 Å². The fourth-order valence-electron chi connectivity index (χ4n) is 1.78. The Kier molecular flexibility index (Phi) is 3.13. The number of thiophene rings is 1. The topological polar surface area (TPSA) is 46.2 Å². The molecule has 3 nitrogen and oxygen atoms in total. The van der Waals surface area contributed by atoms with E-state index in [1.54, 1.807) is 11.3 Å². The third-order valence-corrected chi connectivity index (χ3v) is 5.45. The van der Waals surface area contributed by atoms with E-state index in [9.17, 15) is 8.42 Å². The SMILES string of the molecule is Cc1cscc1CNC1CCS(=O)(=O)C1. The third kappa shape index (κ3) is 2.80. The van der Waals surface area contributed by atoms with Crippen molar-refractivity contribution in [3.8, 4) is 0 Å². The van der Waals surface area contributed by atoms with E-state index in [0.29, 0.717) is 11.5 Å². The first-order valence-corrected chi connectivity index (χ1v) is 7.79. The largest absolute Gasteiger partial charge is 0.309 e. The normalized spacial score (nSPS) is 24.5. The van der Waals surface area contributed by atoms with E-state index < -0.39 is 9.84 Å². The van der Waals surface area contributed by atoms with Crippen LogP contribution in [0.4, 0.5) is 0 Å². The molecule has 1 aliphatic heterocycles. The zero-order valence-electron chi connectivity index (χ0n) is 8.69. The molecule has 1 unspecified atom stereocenters.